The first-order valence-corrected chi connectivity index (χ1v) is 8.22. The molecule has 0 bridgehead atoms. The van der Waals surface area contributed by atoms with Crippen LogP contribution in [0.15, 0.2) is 0 Å². The van der Waals surface area contributed by atoms with Crippen molar-refractivity contribution >= 4 is 16.8 Å². The predicted octanol–water partition coefficient (Wildman–Crippen LogP) is 3.76. The summed E-state index contributed by atoms with van der Waals surface area (Å²) >= 11 is 0. The minimum absolute atomic E-state index is 0.641. The Kier molecular flexibility index (Phi) is 12.7. The second-order valence-corrected chi connectivity index (χ2v) is 6.94. The molecule has 0 amide bonds. The van der Waals surface area contributed by atoms with Gasteiger partial charge in [-0.25, -0.2) is 0 Å². The van der Waals surface area contributed by atoms with Gasteiger partial charge in [0, 0.05) is 40.8 Å². The highest BCUT2D eigenvalue weighted by Crippen LogP contribution is 2.38. The molecule has 0 N–H and O–H groups in total. The number of hydrogen-bond acceptors (Lipinski definition) is 4. The summed E-state index contributed by atoms with van der Waals surface area (Å²) in [6, 6.07) is 0. The maximum Gasteiger partial charge on any atom is 0.169 e. The smallest absolute Gasteiger partial charge is 0.169 e. The van der Waals surface area contributed by atoms with Crippen molar-refractivity contribution in [3.8, 4) is 0 Å². The van der Waals surface area contributed by atoms with Gasteiger partial charge in [-0.2, -0.15) is 0 Å². The average molecular weight is 270 g/mol. The fourth-order valence-corrected chi connectivity index (χ4v) is 3.34. The van der Waals surface area contributed by atoms with Crippen LogP contribution in [0.4, 0.5) is 0 Å². The van der Waals surface area contributed by atoms with Crippen LogP contribution < -0.4 is 0 Å². The van der Waals surface area contributed by atoms with Crippen molar-refractivity contribution < 1.29 is 18.1 Å². The lowest BCUT2D eigenvalue weighted by Gasteiger charge is -2.12. The second kappa shape index (κ2) is 12.2. The molecule has 0 aromatic heterocycles. The molecule has 98 valence electrons. The molecule has 0 saturated heterocycles. The van der Waals surface area contributed by atoms with Crippen molar-refractivity contribution in [1.82, 2.24) is 0 Å². The van der Waals surface area contributed by atoms with Crippen molar-refractivity contribution in [2.24, 2.45) is 0 Å². The number of hydrogen-bond donors (Lipinski definition) is 0. The van der Waals surface area contributed by atoms with E-state index in [1.165, 1.54) is 25.7 Å². The van der Waals surface area contributed by atoms with Crippen molar-refractivity contribution in [3.63, 3.8) is 0 Å². The van der Waals surface area contributed by atoms with Crippen LogP contribution in [-0.4, -0.2) is 40.8 Å². The molecule has 0 spiro atoms. The van der Waals surface area contributed by atoms with Crippen LogP contribution in [0.3, 0.4) is 0 Å². The minimum atomic E-state index is -0.641. The van der Waals surface area contributed by atoms with E-state index in [1.807, 2.05) is 0 Å². The third-order valence-corrected chi connectivity index (χ3v) is 5.24. The topological polar surface area (TPSA) is 36.9 Å². The second-order valence-electron chi connectivity index (χ2n) is 3.26. The van der Waals surface area contributed by atoms with Gasteiger partial charge in [-0.05, 0) is 12.8 Å². The Balaban J connectivity index is 3.26. The summed E-state index contributed by atoms with van der Waals surface area (Å²) in [5.41, 5.74) is 0. The van der Waals surface area contributed by atoms with Crippen LogP contribution in [-0.2, 0) is 18.1 Å². The van der Waals surface area contributed by atoms with Crippen molar-refractivity contribution in [1.29, 1.82) is 0 Å². The molecule has 0 atom stereocenters. The third-order valence-electron chi connectivity index (χ3n) is 2.25. The standard InChI is InChI=1S/C10H24O4P2/c1-11-15(12-2)9-7-5-6-8-10-16(13-3)14-4/h5-10H2,1-4H3. The van der Waals surface area contributed by atoms with E-state index in [0.29, 0.717) is 0 Å². The zero-order valence-electron chi connectivity index (χ0n) is 10.8. The molecule has 0 aliphatic rings. The fourth-order valence-electron chi connectivity index (χ4n) is 1.35. The molecular formula is C10H24O4P2. The Morgan fingerprint density at radius 2 is 0.875 bits per heavy atom. The molecule has 0 rings (SSSR count). The summed E-state index contributed by atoms with van der Waals surface area (Å²) in [5, 5.41) is 0. The van der Waals surface area contributed by atoms with Crippen LogP contribution in [0.5, 0.6) is 0 Å². The zero-order valence-corrected chi connectivity index (χ0v) is 12.6. The Hall–Kier alpha value is 0.700. The van der Waals surface area contributed by atoms with E-state index >= 15 is 0 Å². The van der Waals surface area contributed by atoms with Crippen LogP contribution in [0.2, 0.25) is 0 Å². The van der Waals surface area contributed by atoms with Crippen molar-refractivity contribution in [3.05, 3.63) is 0 Å². The van der Waals surface area contributed by atoms with Crippen LogP contribution in [0, 0.1) is 0 Å². The molecule has 0 unspecified atom stereocenters. The fraction of sp³-hybridized carbons (Fsp3) is 1.00. The summed E-state index contributed by atoms with van der Waals surface area (Å²) in [7, 11) is 5.55. The van der Waals surface area contributed by atoms with E-state index in [4.69, 9.17) is 18.1 Å². The van der Waals surface area contributed by atoms with Gasteiger partial charge in [-0.15, -0.1) is 0 Å². The van der Waals surface area contributed by atoms with Gasteiger partial charge >= 0.3 is 0 Å². The average Bonchev–Trinajstić information content (AvgIpc) is 2.33. The molecular weight excluding hydrogens is 246 g/mol. The first kappa shape index (κ1) is 16.7. The van der Waals surface area contributed by atoms with E-state index in [1.54, 1.807) is 28.4 Å². The SMILES string of the molecule is COP(CCCCCCP(OC)OC)OC. The number of rotatable bonds is 11. The normalized spacial score (nSPS) is 11.6. The summed E-state index contributed by atoms with van der Waals surface area (Å²) in [4.78, 5) is 0. The first-order chi connectivity index (χ1) is 7.78. The van der Waals surface area contributed by atoms with Crippen molar-refractivity contribution in [2.75, 3.05) is 40.8 Å². The summed E-state index contributed by atoms with van der Waals surface area (Å²) in [6.07, 6.45) is 6.86. The molecule has 0 aliphatic carbocycles. The summed E-state index contributed by atoms with van der Waals surface area (Å²) in [6.45, 7) is 0. The van der Waals surface area contributed by atoms with Crippen molar-refractivity contribution in [2.45, 2.75) is 25.7 Å². The Bertz CT molecular complexity index is 125. The van der Waals surface area contributed by atoms with E-state index < -0.39 is 16.8 Å². The van der Waals surface area contributed by atoms with Gasteiger partial charge in [0.15, 0.2) is 16.8 Å². The largest absolute Gasteiger partial charge is 0.337 e. The molecule has 0 aliphatic heterocycles. The first-order valence-electron chi connectivity index (χ1n) is 5.50. The molecule has 16 heavy (non-hydrogen) atoms. The van der Waals surface area contributed by atoms with E-state index in [9.17, 15) is 0 Å². The monoisotopic (exact) mass is 270 g/mol. The molecule has 0 saturated carbocycles. The molecule has 4 nitrogen and oxygen atoms in total. The van der Waals surface area contributed by atoms with E-state index in [0.717, 1.165) is 12.3 Å². The maximum atomic E-state index is 5.18. The van der Waals surface area contributed by atoms with E-state index in [2.05, 4.69) is 0 Å². The summed E-state index contributed by atoms with van der Waals surface area (Å²) < 4.78 is 20.7. The molecule has 0 aromatic rings. The highest BCUT2D eigenvalue weighted by molar-refractivity contribution is 7.47. The van der Waals surface area contributed by atoms with Gasteiger partial charge in [-0.3, -0.25) is 0 Å². The van der Waals surface area contributed by atoms with E-state index in [-0.39, 0.29) is 0 Å². The molecule has 6 heteroatoms. The summed E-state index contributed by atoms with van der Waals surface area (Å²) in [5.74, 6) is 0. The number of unbranched alkanes of at least 4 members (excludes halogenated alkanes) is 3. The highest BCUT2D eigenvalue weighted by Gasteiger charge is 2.07. The zero-order chi connectivity index (χ0) is 12.2. The lowest BCUT2D eigenvalue weighted by Crippen LogP contribution is -1.92. The quantitative estimate of drug-likeness (QED) is 0.423. The molecule has 0 aromatic carbocycles. The Morgan fingerprint density at radius 1 is 0.562 bits per heavy atom. The van der Waals surface area contributed by atoms with Gasteiger partial charge in [0.2, 0.25) is 0 Å². The Labute approximate surface area is 102 Å². The van der Waals surface area contributed by atoms with Gasteiger partial charge in [0.25, 0.3) is 0 Å². The highest BCUT2D eigenvalue weighted by atomic mass is 31.2. The van der Waals surface area contributed by atoms with Crippen LogP contribution in [0.25, 0.3) is 0 Å². The minimum Gasteiger partial charge on any atom is -0.337 e. The van der Waals surface area contributed by atoms with Crippen LogP contribution >= 0.6 is 16.8 Å². The molecule has 0 fully saturated rings. The van der Waals surface area contributed by atoms with Gasteiger partial charge in [0.1, 0.15) is 0 Å². The molecule has 0 radical (unpaired) electrons. The van der Waals surface area contributed by atoms with Gasteiger partial charge in [0.05, 0.1) is 0 Å². The maximum absolute atomic E-state index is 5.18. The molecule has 0 heterocycles. The van der Waals surface area contributed by atoms with Gasteiger partial charge in [-0.1, -0.05) is 12.8 Å². The lowest BCUT2D eigenvalue weighted by atomic mass is 10.2. The third kappa shape index (κ3) is 8.81. The predicted molar refractivity (Wildman–Crippen MR) is 70.1 cm³/mol. The Morgan fingerprint density at radius 3 is 1.12 bits per heavy atom. The van der Waals surface area contributed by atoms with Gasteiger partial charge < -0.3 is 18.1 Å². The van der Waals surface area contributed by atoms with Crippen LogP contribution in [0.1, 0.15) is 25.7 Å². The lowest BCUT2D eigenvalue weighted by molar-refractivity contribution is 0.337.